The van der Waals surface area contributed by atoms with E-state index in [1.165, 1.54) is 28.4 Å². The zero-order chi connectivity index (χ0) is 23.5. The highest BCUT2D eigenvalue weighted by atomic mass is 16.6. The topological polar surface area (TPSA) is 105 Å². The maximum atomic E-state index is 12.5. The molecule has 0 aromatic rings. The van der Waals surface area contributed by atoms with E-state index >= 15 is 0 Å². The van der Waals surface area contributed by atoms with Crippen LogP contribution in [0.2, 0.25) is 0 Å². The molecule has 0 heterocycles. The Morgan fingerprint density at radius 1 is 0.710 bits per heavy atom. The van der Waals surface area contributed by atoms with Gasteiger partial charge in [0.1, 0.15) is 0 Å². The van der Waals surface area contributed by atoms with E-state index < -0.39 is 34.7 Å². The van der Waals surface area contributed by atoms with Crippen molar-refractivity contribution in [3.8, 4) is 0 Å². The molecule has 0 aromatic heterocycles. The summed E-state index contributed by atoms with van der Waals surface area (Å²) in [5.41, 5.74) is -2.00. The first-order valence-corrected chi connectivity index (χ1v) is 10.0. The molecule has 1 aliphatic carbocycles. The Kier molecular flexibility index (Phi) is 10.2. The number of rotatable bonds is 4. The van der Waals surface area contributed by atoms with E-state index in [1.807, 2.05) is 13.0 Å². The van der Waals surface area contributed by atoms with Crippen molar-refractivity contribution in [1.29, 1.82) is 0 Å². The molecule has 0 aliphatic heterocycles. The second-order valence-corrected chi connectivity index (χ2v) is 7.48. The summed E-state index contributed by atoms with van der Waals surface area (Å²) in [7, 11) is 4.96. The first kappa shape index (κ1) is 26.1. The van der Waals surface area contributed by atoms with Crippen molar-refractivity contribution < 1.29 is 38.1 Å². The van der Waals surface area contributed by atoms with Gasteiger partial charge in [0.25, 0.3) is 0 Å². The van der Waals surface area contributed by atoms with Gasteiger partial charge in [-0.2, -0.15) is 0 Å². The monoisotopic (exact) mass is 436 g/mol. The lowest BCUT2D eigenvalue weighted by Crippen LogP contribution is -2.41. The fourth-order valence-corrected chi connectivity index (χ4v) is 3.67. The molecule has 0 amide bonds. The minimum Gasteiger partial charge on any atom is -0.468 e. The first-order chi connectivity index (χ1) is 14.7. The molecule has 0 fully saturated rings. The molecule has 0 N–H and O–H groups in total. The van der Waals surface area contributed by atoms with Crippen LogP contribution in [0.5, 0.6) is 0 Å². The van der Waals surface area contributed by atoms with Crippen molar-refractivity contribution in [1.82, 2.24) is 0 Å². The zero-order valence-corrected chi connectivity index (χ0v) is 18.9. The normalized spacial score (nSPS) is 22.4. The summed E-state index contributed by atoms with van der Waals surface area (Å²) in [5.74, 6) is -2.60. The molecule has 0 bridgehead atoms. The Morgan fingerprint density at radius 2 is 1.10 bits per heavy atom. The zero-order valence-electron chi connectivity index (χ0n) is 18.9. The lowest BCUT2D eigenvalue weighted by molar-refractivity contribution is -0.171. The van der Waals surface area contributed by atoms with Gasteiger partial charge < -0.3 is 18.9 Å². The molecule has 1 rings (SSSR count). The first-order valence-electron chi connectivity index (χ1n) is 10.0. The highest BCUT2D eigenvalue weighted by Crippen LogP contribution is 2.36. The Labute approximate surface area is 183 Å². The van der Waals surface area contributed by atoms with Crippen molar-refractivity contribution in [2.24, 2.45) is 10.8 Å². The van der Waals surface area contributed by atoms with Crippen LogP contribution in [0.4, 0.5) is 0 Å². The van der Waals surface area contributed by atoms with Gasteiger partial charge in [-0.3, -0.25) is 19.2 Å². The summed E-state index contributed by atoms with van der Waals surface area (Å²) in [4.78, 5) is 50.1. The number of ether oxygens (including phenoxy) is 4. The van der Waals surface area contributed by atoms with Crippen molar-refractivity contribution in [2.45, 2.75) is 45.4 Å². The van der Waals surface area contributed by atoms with Crippen molar-refractivity contribution in [3.05, 3.63) is 36.0 Å². The third-order valence-electron chi connectivity index (χ3n) is 5.63. The van der Waals surface area contributed by atoms with Gasteiger partial charge in [-0.25, -0.2) is 0 Å². The van der Waals surface area contributed by atoms with Crippen LogP contribution in [0, 0.1) is 10.8 Å². The molecule has 0 spiro atoms. The van der Waals surface area contributed by atoms with Crippen molar-refractivity contribution in [3.63, 3.8) is 0 Å². The third kappa shape index (κ3) is 6.06. The summed E-state index contributed by atoms with van der Waals surface area (Å²) >= 11 is 0. The molecule has 0 saturated carbocycles. The minimum absolute atomic E-state index is 0.0860. The summed E-state index contributed by atoms with van der Waals surface area (Å²) in [6, 6.07) is 0. The molecular formula is C23H32O8. The lowest BCUT2D eigenvalue weighted by Gasteiger charge is -2.28. The van der Waals surface area contributed by atoms with E-state index in [4.69, 9.17) is 18.9 Å². The Hall–Kier alpha value is -2.90. The van der Waals surface area contributed by atoms with E-state index in [0.717, 1.165) is 5.57 Å². The maximum Gasteiger partial charge on any atom is 0.323 e. The molecule has 31 heavy (non-hydrogen) atoms. The molecule has 172 valence electrons. The maximum absolute atomic E-state index is 12.5. The van der Waals surface area contributed by atoms with E-state index in [0.29, 0.717) is 12.8 Å². The van der Waals surface area contributed by atoms with Crippen LogP contribution in [0.25, 0.3) is 0 Å². The van der Waals surface area contributed by atoms with Gasteiger partial charge in [-0.05, 0) is 45.4 Å². The van der Waals surface area contributed by atoms with Gasteiger partial charge in [0.15, 0.2) is 10.8 Å². The Morgan fingerprint density at radius 3 is 1.48 bits per heavy atom. The molecule has 0 saturated heterocycles. The van der Waals surface area contributed by atoms with Gasteiger partial charge >= 0.3 is 23.9 Å². The number of methoxy groups -OCH3 is 4. The molecule has 1 aliphatic rings. The Balaban J connectivity index is 3.37. The smallest absolute Gasteiger partial charge is 0.323 e. The van der Waals surface area contributed by atoms with Crippen molar-refractivity contribution in [2.75, 3.05) is 28.4 Å². The van der Waals surface area contributed by atoms with Gasteiger partial charge in [-0.1, -0.05) is 36.0 Å². The summed E-state index contributed by atoms with van der Waals surface area (Å²) < 4.78 is 19.6. The average Bonchev–Trinajstić information content (AvgIpc) is 2.79. The van der Waals surface area contributed by atoms with Gasteiger partial charge in [0.2, 0.25) is 0 Å². The van der Waals surface area contributed by atoms with Crippen LogP contribution in [0.15, 0.2) is 36.0 Å². The number of hydrogen-bond acceptors (Lipinski definition) is 8. The number of carbonyl (C=O) groups is 4. The van der Waals surface area contributed by atoms with Crippen LogP contribution in [0.3, 0.4) is 0 Å². The predicted molar refractivity (Wildman–Crippen MR) is 113 cm³/mol. The Bertz CT molecular complexity index is 728. The summed E-state index contributed by atoms with van der Waals surface area (Å²) in [6.07, 6.45) is 9.88. The van der Waals surface area contributed by atoms with Crippen LogP contribution in [-0.2, 0) is 38.1 Å². The largest absolute Gasteiger partial charge is 0.468 e. The molecule has 8 heteroatoms. The second-order valence-electron chi connectivity index (χ2n) is 7.48. The average molecular weight is 437 g/mol. The molecule has 0 atom stereocenters. The van der Waals surface area contributed by atoms with E-state index in [1.54, 1.807) is 24.3 Å². The van der Waals surface area contributed by atoms with Gasteiger partial charge in [0.05, 0.1) is 28.4 Å². The molecule has 0 aromatic carbocycles. The second kappa shape index (κ2) is 12.1. The number of hydrogen-bond donors (Lipinski definition) is 0. The number of allylic oxidation sites excluding steroid dienone is 6. The van der Waals surface area contributed by atoms with Crippen molar-refractivity contribution >= 4 is 23.9 Å². The molecule has 8 nitrogen and oxygen atoms in total. The standard InChI is InChI=1S/C23H32O8/c1-17-11-10-15-22(18(24)28-2,19(25)29-3)13-8-6-7-9-14-23(16-12-17,20(26)30-4)21(27)31-5/h6-9,11H,10,12-16H2,1-5H3/b8-6-,9-7+,17-11-. The van der Waals surface area contributed by atoms with Crippen LogP contribution < -0.4 is 0 Å². The fourth-order valence-electron chi connectivity index (χ4n) is 3.67. The van der Waals surface area contributed by atoms with E-state index in [-0.39, 0.29) is 25.7 Å². The summed E-state index contributed by atoms with van der Waals surface area (Å²) in [5, 5.41) is 0. The summed E-state index contributed by atoms with van der Waals surface area (Å²) in [6.45, 7) is 1.86. The quantitative estimate of drug-likeness (QED) is 0.287. The van der Waals surface area contributed by atoms with Crippen LogP contribution in [0.1, 0.15) is 45.4 Å². The lowest BCUT2D eigenvalue weighted by atomic mass is 9.77. The van der Waals surface area contributed by atoms with Gasteiger partial charge in [-0.15, -0.1) is 0 Å². The SMILES string of the molecule is COC(=O)C1(C(=O)OC)C/C=C\C=C\CC(C(=O)OC)(C(=O)OC)CC/C(C)=C\CC1. The molecule has 0 unspecified atom stereocenters. The fraction of sp³-hybridized carbons (Fsp3) is 0.565. The number of carbonyl (C=O) groups excluding carboxylic acids is 4. The number of esters is 4. The predicted octanol–water partition coefficient (Wildman–Crippen LogP) is 3.06. The highest BCUT2D eigenvalue weighted by molar-refractivity contribution is 6.00. The third-order valence-corrected chi connectivity index (χ3v) is 5.63. The van der Waals surface area contributed by atoms with Crippen LogP contribution in [-0.4, -0.2) is 52.3 Å². The molecule has 0 radical (unpaired) electrons. The van der Waals surface area contributed by atoms with E-state index in [2.05, 4.69) is 0 Å². The highest BCUT2D eigenvalue weighted by Gasteiger charge is 2.48. The minimum atomic E-state index is -1.45. The van der Waals surface area contributed by atoms with Crippen LogP contribution >= 0.6 is 0 Å². The van der Waals surface area contributed by atoms with E-state index in [9.17, 15) is 19.2 Å². The molecular weight excluding hydrogens is 404 g/mol. The van der Waals surface area contributed by atoms with Gasteiger partial charge in [0, 0.05) is 0 Å².